The normalized spacial score (nSPS) is 19.5. The summed E-state index contributed by atoms with van der Waals surface area (Å²) >= 11 is 6.27. The molecule has 1 aliphatic carbocycles. The van der Waals surface area contributed by atoms with Gasteiger partial charge in [-0.25, -0.2) is 18.1 Å². The molecule has 2 aromatic heterocycles. The van der Waals surface area contributed by atoms with E-state index in [1.807, 2.05) is 24.3 Å². The molecule has 11 rings (SSSR count). The predicted molar refractivity (Wildman–Crippen MR) is 323 cm³/mol. The molecule has 4 aliphatic heterocycles. The highest BCUT2D eigenvalue weighted by Gasteiger charge is 2.45. The van der Waals surface area contributed by atoms with Crippen LogP contribution in [0.1, 0.15) is 120 Å². The van der Waals surface area contributed by atoms with Crippen molar-refractivity contribution in [3.8, 4) is 11.5 Å². The van der Waals surface area contributed by atoms with Gasteiger partial charge in [0, 0.05) is 86.7 Å². The second-order valence-corrected chi connectivity index (χ2v) is 25.8. The van der Waals surface area contributed by atoms with Gasteiger partial charge in [-0.15, -0.1) is 0 Å². The van der Waals surface area contributed by atoms with Gasteiger partial charge in [-0.1, -0.05) is 61.7 Å². The van der Waals surface area contributed by atoms with Crippen LogP contribution in [0.15, 0.2) is 114 Å². The van der Waals surface area contributed by atoms with E-state index in [9.17, 15) is 42.5 Å². The van der Waals surface area contributed by atoms with E-state index in [0.29, 0.717) is 48.0 Å². The number of imide groups is 2. The maximum atomic E-state index is 14.2. The molecule has 0 bridgehead atoms. The SMILES string of the molecule is CC1(C)CCC(CN2CCN(c3ccc(C(=O)NS(=O)(=O)c4ccc(NCC5CCCN(CCCCCc6cccc7c6C(=O)N(C6CCC(=O)NC6=O)C7=O)C5)c([N+](=O)[O-])c4)c(Oc4cnc5[nH]ccc5c4)c3)CC2)=C(c2ccc(Cl)cc2)C1. The van der Waals surface area contributed by atoms with Crippen molar-refractivity contribution in [2.24, 2.45) is 11.3 Å². The summed E-state index contributed by atoms with van der Waals surface area (Å²) in [5, 5.41) is 19.5. The first-order chi connectivity index (χ1) is 40.9. The first-order valence-electron chi connectivity index (χ1n) is 29.2. The first-order valence-corrected chi connectivity index (χ1v) is 31.1. The van der Waals surface area contributed by atoms with Gasteiger partial charge in [0.05, 0.1) is 32.7 Å². The molecule has 2 unspecified atom stereocenters. The van der Waals surface area contributed by atoms with Crippen molar-refractivity contribution in [2.75, 3.05) is 69.1 Å². The van der Waals surface area contributed by atoms with Crippen LogP contribution in [-0.4, -0.2) is 132 Å². The van der Waals surface area contributed by atoms with E-state index in [1.165, 1.54) is 41.1 Å². The number of aromatic nitrogens is 2. The van der Waals surface area contributed by atoms with Gasteiger partial charge in [-0.3, -0.25) is 49.2 Å². The quantitative estimate of drug-likeness (QED) is 0.0240. The Hall–Kier alpha value is -7.98. The number of H-pyrrole nitrogens is 1. The molecule has 0 saturated carbocycles. The third-order valence-corrected chi connectivity index (χ3v) is 18.8. The van der Waals surface area contributed by atoms with Crippen molar-refractivity contribution in [3.63, 3.8) is 0 Å². The van der Waals surface area contributed by atoms with Crippen molar-refractivity contribution >= 4 is 84.8 Å². The number of carbonyl (C=O) groups is 5. The molecule has 22 heteroatoms. The molecular weight excluding hydrogens is 1120 g/mol. The number of halogens is 1. The standard InChI is InChI=1S/C63H69ClN10O10S/c1-63(2)24-22-44(51(35-63)41-12-14-45(64)15-13-41)39-71-28-30-72(31-29-71)46-16-18-49(55(33-46)84-47-32-43-23-25-65-58(43)67-37-47)59(76)69-85(82,83)48-17-19-52(54(34-48)74(80)81)66-36-40-8-7-27-70(38-40)26-5-3-4-9-42-10-6-11-50-57(42)62(79)73(61(50)78)53-20-21-56(75)68-60(53)77/h6,10-19,23,25,32-34,37,40,53,66H,3-5,7-9,20-22,24,26-31,35-36,38-39H2,1-2H3,(H,65,67)(H,69,76)(H,68,75,77). The minimum absolute atomic E-state index is 0.0517. The number of benzene rings is 4. The average Bonchev–Trinajstić information content (AvgIpc) is 2.89. The Labute approximate surface area is 498 Å². The molecule has 444 valence electrons. The average molecular weight is 1190 g/mol. The van der Waals surface area contributed by atoms with Crippen molar-refractivity contribution in [1.82, 2.24) is 34.7 Å². The Morgan fingerprint density at radius 2 is 1.71 bits per heavy atom. The Bertz CT molecular complexity index is 3750. The molecule has 0 radical (unpaired) electrons. The minimum Gasteiger partial charge on any atom is -0.455 e. The number of nitrogens with zero attached hydrogens (tertiary/aromatic N) is 6. The van der Waals surface area contributed by atoms with Crippen LogP contribution in [-0.2, 0) is 26.0 Å². The van der Waals surface area contributed by atoms with Crippen LogP contribution in [0, 0.1) is 21.4 Å². The number of ether oxygens (including phenoxy) is 1. The van der Waals surface area contributed by atoms with Gasteiger partial charge >= 0.3 is 0 Å². The number of nitro benzene ring substituents is 1. The number of anilines is 2. The predicted octanol–water partition coefficient (Wildman–Crippen LogP) is 9.76. The highest BCUT2D eigenvalue weighted by atomic mass is 35.5. The number of piperidine rings is 2. The zero-order valence-corrected chi connectivity index (χ0v) is 49.2. The number of unbranched alkanes of at least 4 members (excludes halogenated alkanes) is 2. The van der Waals surface area contributed by atoms with Crippen molar-refractivity contribution in [3.05, 3.63) is 152 Å². The van der Waals surface area contributed by atoms with Crippen molar-refractivity contribution in [2.45, 2.75) is 95.4 Å². The molecule has 85 heavy (non-hydrogen) atoms. The van der Waals surface area contributed by atoms with Crippen LogP contribution in [0.25, 0.3) is 16.6 Å². The summed E-state index contributed by atoms with van der Waals surface area (Å²) in [5.41, 5.74) is 6.67. The Morgan fingerprint density at radius 3 is 2.49 bits per heavy atom. The number of rotatable bonds is 20. The van der Waals surface area contributed by atoms with E-state index >= 15 is 0 Å². The molecule has 4 aromatic carbocycles. The van der Waals surface area contributed by atoms with Crippen LogP contribution in [0.3, 0.4) is 0 Å². The molecule has 5 amide bonds. The summed E-state index contributed by atoms with van der Waals surface area (Å²) in [6, 6.07) is 24.5. The maximum Gasteiger partial charge on any atom is 0.293 e. The summed E-state index contributed by atoms with van der Waals surface area (Å²) in [7, 11) is -4.65. The molecule has 5 aliphatic rings. The maximum absolute atomic E-state index is 14.2. The molecule has 3 fully saturated rings. The highest BCUT2D eigenvalue weighted by molar-refractivity contribution is 7.90. The third-order valence-electron chi connectivity index (χ3n) is 17.2. The smallest absolute Gasteiger partial charge is 0.293 e. The monoisotopic (exact) mass is 1190 g/mol. The van der Waals surface area contributed by atoms with E-state index in [4.69, 9.17) is 16.3 Å². The number of allylic oxidation sites excluding steroid dienone is 1. The van der Waals surface area contributed by atoms with Gasteiger partial charge < -0.3 is 24.8 Å². The number of nitrogens with one attached hydrogen (secondary N) is 4. The second kappa shape index (κ2) is 24.9. The van der Waals surface area contributed by atoms with Crippen LogP contribution < -0.4 is 25.0 Å². The number of sulfonamides is 1. The van der Waals surface area contributed by atoms with Crippen molar-refractivity contribution < 1.29 is 42.1 Å². The lowest BCUT2D eigenvalue weighted by Crippen LogP contribution is -2.54. The van der Waals surface area contributed by atoms with E-state index in [0.717, 1.165) is 118 Å². The van der Waals surface area contributed by atoms with E-state index < -0.39 is 61.1 Å². The van der Waals surface area contributed by atoms with Crippen LogP contribution >= 0.6 is 11.6 Å². The number of aryl methyl sites for hydroxylation is 1. The fourth-order valence-electron chi connectivity index (χ4n) is 12.6. The van der Waals surface area contributed by atoms with Gasteiger partial charge in [0.1, 0.15) is 28.9 Å². The van der Waals surface area contributed by atoms with E-state index in [2.05, 4.69) is 66.0 Å². The molecule has 2 atom stereocenters. The number of piperazine rings is 1. The number of nitro groups is 1. The lowest BCUT2D eigenvalue weighted by Gasteiger charge is -2.39. The fraction of sp³-hybridized carbons (Fsp3) is 0.397. The molecule has 6 heterocycles. The van der Waals surface area contributed by atoms with Crippen LogP contribution in [0.2, 0.25) is 5.02 Å². The zero-order chi connectivity index (χ0) is 59.6. The van der Waals surface area contributed by atoms with Gasteiger partial charge in [0.25, 0.3) is 33.4 Å². The Kier molecular flexibility index (Phi) is 17.2. The number of carbonyl (C=O) groups excluding carboxylic acids is 5. The first kappa shape index (κ1) is 58.8. The summed E-state index contributed by atoms with van der Waals surface area (Å²) in [6.45, 7) is 11.4. The number of fused-ring (bicyclic) bond motifs is 2. The number of pyridine rings is 1. The summed E-state index contributed by atoms with van der Waals surface area (Å²) in [6.07, 6.45) is 11.5. The summed E-state index contributed by atoms with van der Waals surface area (Å²) in [5.74, 6) is -2.50. The van der Waals surface area contributed by atoms with E-state index in [-0.39, 0.29) is 46.7 Å². The molecule has 6 aromatic rings. The van der Waals surface area contributed by atoms with Gasteiger partial charge in [0.15, 0.2) is 0 Å². The fourth-order valence-corrected chi connectivity index (χ4v) is 13.7. The number of hydrogen-bond donors (Lipinski definition) is 4. The van der Waals surface area contributed by atoms with Crippen LogP contribution in [0.5, 0.6) is 11.5 Å². The molecule has 0 spiro atoms. The molecule has 3 saturated heterocycles. The van der Waals surface area contributed by atoms with Crippen molar-refractivity contribution in [1.29, 1.82) is 0 Å². The molecule has 4 N–H and O–H groups in total. The number of likely N-dealkylation sites (tertiary alicyclic amines) is 1. The highest BCUT2D eigenvalue weighted by Crippen LogP contribution is 2.44. The molecule has 20 nitrogen and oxygen atoms in total. The third kappa shape index (κ3) is 13.3. The molecular formula is C63H69ClN10O10S. The van der Waals surface area contributed by atoms with E-state index in [1.54, 1.807) is 36.5 Å². The number of hydrogen-bond acceptors (Lipinski definition) is 15. The summed E-state index contributed by atoms with van der Waals surface area (Å²) < 4.78 is 36.5. The summed E-state index contributed by atoms with van der Waals surface area (Å²) in [4.78, 5) is 92.3. The second-order valence-electron chi connectivity index (χ2n) is 23.7. The Morgan fingerprint density at radius 1 is 0.894 bits per heavy atom. The topological polar surface area (TPSA) is 250 Å². The number of aromatic amines is 1. The van der Waals surface area contributed by atoms with Gasteiger partial charge in [0.2, 0.25) is 11.8 Å². The Balaban J connectivity index is 0.701. The van der Waals surface area contributed by atoms with Gasteiger partial charge in [-0.05, 0) is 154 Å². The lowest BCUT2D eigenvalue weighted by molar-refractivity contribution is -0.384. The minimum atomic E-state index is -4.65. The van der Waals surface area contributed by atoms with Crippen LogP contribution in [0.4, 0.5) is 17.1 Å². The van der Waals surface area contributed by atoms with Gasteiger partial charge in [-0.2, -0.15) is 0 Å². The largest absolute Gasteiger partial charge is 0.455 e. The number of amides is 5. The lowest BCUT2D eigenvalue weighted by atomic mass is 9.72. The zero-order valence-electron chi connectivity index (χ0n) is 47.7.